The van der Waals surface area contributed by atoms with Crippen molar-refractivity contribution in [2.45, 2.75) is 77.0 Å². The highest BCUT2D eigenvalue weighted by Crippen LogP contribution is 2.34. The fourth-order valence-corrected chi connectivity index (χ4v) is 3.82. The maximum atomic E-state index is 5.10. The van der Waals surface area contributed by atoms with E-state index in [1.54, 1.807) is 0 Å². The van der Waals surface area contributed by atoms with Crippen LogP contribution in [-0.4, -0.2) is 39.7 Å². The lowest BCUT2D eigenvalue weighted by Crippen LogP contribution is -2.55. The van der Waals surface area contributed by atoms with E-state index >= 15 is 0 Å². The van der Waals surface area contributed by atoms with Gasteiger partial charge >= 0.3 is 0 Å². The van der Waals surface area contributed by atoms with Crippen molar-refractivity contribution in [3.63, 3.8) is 0 Å². The van der Waals surface area contributed by atoms with E-state index in [-0.39, 0.29) is 0 Å². The van der Waals surface area contributed by atoms with E-state index in [1.165, 1.54) is 38.5 Å². The average Bonchev–Trinajstić information content (AvgIpc) is 2.82. The number of nitrogens with one attached hydrogen (secondary N) is 1. The first-order valence-corrected chi connectivity index (χ1v) is 8.04. The lowest BCUT2D eigenvalue weighted by Gasteiger charge is -2.48. The van der Waals surface area contributed by atoms with E-state index < -0.39 is 0 Å². The van der Waals surface area contributed by atoms with E-state index in [0.717, 1.165) is 18.9 Å². The standard InChI is InChI=1S/C15H26N4O/c1-3-7-16-12-8-13-5-4-6-14(9-12)19(13)10-15-17-11(2)20-18-15/h12-14,16H,3-10H2,1-2H3. The van der Waals surface area contributed by atoms with Crippen LogP contribution in [0.15, 0.2) is 4.52 Å². The molecule has 1 aromatic heterocycles. The molecule has 0 saturated carbocycles. The molecule has 2 aliphatic rings. The summed E-state index contributed by atoms with van der Waals surface area (Å²) in [5.41, 5.74) is 0. The monoisotopic (exact) mass is 278 g/mol. The van der Waals surface area contributed by atoms with Gasteiger partial charge in [0.2, 0.25) is 5.89 Å². The van der Waals surface area contributed by atoms with Gasteiger partial charge in [0, 0.05) is 25.0 Å². The average molecular weight is 278 g/mol. The summed E-state index contributed by atoms with van der Waals surface area (Å²) in [6.45, 7) is 6.10. The van der Waals surface area contributed by atoms with Crippen LogP contribution in [0.2, 0.25) is 0 Å². The van der Waals surface area contributed by atoms with Gasteiger partial charge in [0.15, 0.2) is 5.82 Å². The van der Waals surface area contributed by atoms with Gasteiger partial charge in [0.25, 0.3) is 0 Å². The number of rotatable bonds is 5. The molecular weight excluding hydrogens is 252 g/mol. The number of fused-ring (bicyclic) bond motifs is 2. The zero-order valence-electron chi connectivity index (χ0n) is 12.6. The van der Waals surface area contributed by atoms with E-state index in [1.807, 2.05) is 6.92 Å². The lowest BCUT2D eigenvalue weighted by molar-refractivity contribution is 0.0153. The highest BCUT2D eigenvalue weighted by molar-refractivity contribution is 4.97. The molecule has 1 aromatic rings. The highest BCUT2D eigenvalue weighted by atomic mass is 16.5. The minimum atomic E-state index is 0.671. The van der Waals surface area contributed by atoms with Crippen molar-refractivity contribution in [1.82, 2.24) is 20.4 Å². The molecule has 112 valence electrons. The Morgan fingerprint density at radius 2 is 2.05 bits per heavy atom. The van der Waals surface area contributed by atoms with Crippen LogP contribution in [0.1, 0.15) is 57.2 Å². The molecule has 0 aromatic carbocycles. The molecule has 20 heavy (non-hydrogen) atoms. The van der Waals surface area contributed by atoms with E-state index in [4.69, 9.17) is 4.52 Å². The predicted molar refractivity (Wildman–Crippen MR) is 77.3 cm³/mol. The molecule has 2 atom stereocenters. The normalized spacial score (nSPS) is 30.6. The Hall–Kier alpha value is -0.940. The Kier molecular flexibility index (Phi) is 4.36. The van der Waals surface area contributed by atoms with Gasteiger partial charge in [-0.1, -0.05) is 18.5 Å². The van der Waals surface area contributed by atoms with Crippen LogP contribution in [-0.2, 0) is 6.54 Å². The highest BCUT2D eigenvalue weighted by Gasteiger charge is 2.38. The molecular formula is C15H26N4O. The van der Waals surface area contributed by atoms with Crippen LogP contribution in [0, 0.1) is 6.92 Å². The summed E-state index contributed by atoms with van der Waals surface area (Å²) in [5, 5.41) is 7.77. The fraction of sp³-hybridized carbons (Fsp3) is 0.867. The minimum absolute atomic E-state index is 0.671. The van der Waals surface area contributed by atoms with Crippen molar-refractivity contribution < 1.29 is 4.52 Å². The summed E-state index contributed by atoms with van der Waals surface area (Å²) < 4.78 is 5.10. The zero-order valence-corrected chi connectivity index (χ0v) is 12.6. The molecule has 2 fully saturated rings. The maximum Gasteiger partial charge on any atom is 0.223 e. The lowest BCUT2D eigenvalue weighted by atomic mass is 9.81. The molecule has 2 bridgehead atoms. The summed E-state index contributed by atoms with van der Waals surface area (Å²) in [6, 6.07) is 2.08. The molecule has 3 heterocycles. The van der Waals surface area contributed by atoms with Crippen LogP contribution in [0.25, 0.3) is 0 Å². The third-order valence-corrected chi connectivity index (χ3v) is 4.70. The molecule has 2 saturated heterocycles. The molecule has 0 amide bonds. The molecule has 0 aliphatic carbocycles. The minimum Gasteiger partial charge on any atom is -0.340 e. The van der Waals surface area contributed by atoms with Crippen LogP contribution in [0.4, 0.5) is 0 Å². The Balaban J connectivity index is 1.64. The van der Waals surface area contributed by atoms with Crippen molar-refractivity contribution in [3.8, 4) is 0 Å². The summed E-state index contributed by atoms with van der Waals surface area (Å²) in [6.07, 6.45) is 7.77. The first-order valence-electron chi connectivity index (χ1n) is 8.04. The van der Waals surface area contributed by atoms with Crippen molar-refractivity contribution in [1.29, 1.82) is 0 Å². The first-order chi connectivity index (χ1) is 9.76. The largest absolute Gasteiger partial charge is 0.340 e. The summed E-state index contributed by atoms with van der Waals surface area (Å²) in [5.74, 6) is 1.52. The summed E-state index contributed by atoms with van der Waals surface area (Å²) in [4.78, 5) is 6.99. The second-order valence-corrected chi connectivity index (χ2v) is 6.26. The van der Waals surface area contributed by atoms with Crippen molar-refractivity contribution >= 4 is 0 Å². The van der Waals surface area contributed by atoms with Crippen LogP contribution < -0.4 is 5.32 Å². The number of piperidine rings is 2. The summed E-state index contributed by atoms with van der Waals surface area (Å²) in [7, 11) is 0. The van der Waals surface area contributed by atoms with Gasteiger partial charge in [0.1, 0.15) is 0 Å². The van der Waals surface area contributed by atoms with Crippen molar-refractivity contribution in [2.75, 3.05) is 6.54 Å². The Labute approximate surface area is 121 Å². The van der Waals surface area contributed by atoms with Crippen molar-refractivity contribution in [2.24, 2.45) is 0 Å². The SMILES string of the molecule is CCCNC1CC2CCCC(C1)N2Cc1noc(C)n1. The third-order valence-electron chi connectivity index (χ3n) is 4.70. The van der Waals surface area contributed by atoms with Crippen LogP contribution >= 0.6 is 0 Å². The predicted octanol–water partition coefficient (Wildman–Crippen LogP) is 2.26. The van der Waals surface area contributed by atoms with Gasteiger partial charge in [-0.05, 0) is 38.6 Å². The molecule has 5 heteroatoms. The van der Waals surface area contributed by atoms with Gasteiger partial charge in [-0.3, -0.25) is 4.90 Å². The third kappa shape index (κ3) is 3.04. The number of aromatic nitrogens is 2. The molecule has 2 unspecified atom stereocenters. The van der Waals surface area contributed by atoms with Crippen molar-refractivity contribution in [3.05, 3.63) is 11.7 Å². The fourth-order valence-electron chi connectivity index (χ4n) is 3.82. The van der Waals surface area contributed by atoms with Gasteiger partial charge in [-0.15, -0.1) is 0 Å². The van der Waals surface area contributed by atoms with Crippen LogP contribution in [0.5, 0.6) is 0 Å². The number of hydrogen-bond donors (Lipinski definition) is 1. The number of nitrogens with zero attached hydrogens (tertiary/aromatic N) is 3. The van der Waals surface area contributed by atoms with Gasteiger partial charge in [-0.2, -0.15) is 4.98 Å². The quantitative estimate of drug-likeness (QED) is 0.895. The number of hydrogen-bond acceptors (Lipinski definition) is 5. The number of aryl methyl sites for hydroxylation is 1. The van der Waals surface area contributed by atoms with Gasteiger partial charge in [0.05, 0.1) is 6.54 Å². The molecule has 0 spiro atoms. The topological polar surface area (TPSA) is 54.2 Å². The summed E-state index contributed by atoms with van der Waals surface area (Å²) >= 11 is 0. The second kappa shape index (κ2) is 6.22. The van der Waals surface area contributed by atoms with E-state index in [2.05, 4.69) is 27.3 Å². The van der Waals surface area contributed by atoms with E-state index in [9.17, 15) is 0 Å². The Bertz CT molecular complexity index is 419. The zero-order chi connectivity index (χ0) is 13.9. The van der Waals surface area contributed by atoms with E-state index in [0.29, 0.717) is 24.0 Å². The Morgan fingerprint density at radius 3 is 2.65 bits per heavy atom. The van der Waals surface area contributed by atoms with Crippen LogP contribution in [0.3, 0.4) is 0 Å². The molecule has 2 aliphatic heterocycles. The second-order valence-electron chi connectivity index (χ2n) is 6.26. The maximum absolute atomic E-state index is 5.10. The molecule has 5 nitrogen and oxygen atoms in total. The molecule has 0 radical (unpaired) electrons. The Morgan fingerprint density at radius 1 is 1.30 bits per heavy atom. The first kappa shape index (κ1) is 14.0. The molecule has 1 N–H and O–H groups in total. The van der Waals surface area contributed by atoms with Gasteiger partial charge < -0.3 is 9.84 Å². The van der Waals surface area contributed by atoms with Gasteiger partial charge in [-0.25, -0.2) is 0 Å². The molecule has 3 rings (SSSR count). The smallest absolute Gasteiger partial charge is 0.223 e.